The Morgan fingerprint density at radius 1 is 1.07 bits per heavy atom. The molecule has 29 heavy (non-hydrogen) atoms. The molecule has 4 rings (SSSR count). The molecular weight excluding hydrogens is 407 g/mol. The van der Waals surface area contributed by atoms with Gasteiger partial charge < -0.3 is 0 Å². The van der Waals surface area contributed by atoms with E-state index in [9.17, 15) is 13.2 Å². The summed E-state index contributed by atoms with van der Waals surface area (Å²) in [5.41, 5.74) is 2.03. The normalized spacial score (nSPS) is 12.2. The number of rotatable bonds is 4. The van der Waals surface area contributed by atoms with Crippen molar-refractivity contribution in [3.8, 4) is 11.4 Å². The summed E-state index contributed by atoms with van der Waals surface area (Å²) in [6, 6.07) is 6.77. The molecular formula is C18H15ClF3N7. The minimum absolute atomic E-state index is 0.128. The van der Waals surface area contributed by atoms with Crippen LogP contribution in [0.15, 0.2) is 36.7 Å². The second kappa shape index (κ2) is 7.11. The van der Waals surface area contributed by atoms with Gasteiger partial charge in [-0.3, -0.25) is 0 Å². The van der Waals surface area contributed by atoms with E-state index in [1.165, 1.54) is 4.68 Å². The van der Waals surface area contributed by atoms with Crippen LogP contribution in [0.3, 0.4) is 0 Å². The summed E-state index contributed by atoms with van der Waals surface area (Å²) >= 11 is 5.85. The highest BCUT2D eigenvalue weighted by Gasteiger charge is 2.37. The van der Waals surface area contributed by atoms with Gasteiger partial charge in [-0.05, 0) is 31.0 Å². The van der Waals surface area contributed by atoms with Gasteiger partial charge in [-0.1, -0.05) is 24.3 Å². The van der Waals surface area contributed by atoms with Crippen LogP contribution in [0.1, 0.15) is 31.3 Å². The smallest absolute Gasteiger partial charge is 0.243 e. The molecule has 7 nitrogen and oxygen atoms in total. The minimum atomic E-state index is -4.60. The predicted octanol–water partition coefficient (Wildman–Crippen LogP) is 4.39. The van der Waals surface area contributed by atoms with Crippen molar-refractivity contribution in [2.45, 2.75) is 32.6 Å². The number of benzene rings is 1. The van der Waals surface area contributed by atoms with E-state index in [2.05, 4.69) is 25.1 Å². The molecule has 0 aliphatic rings. The van der Waals surface area contributed by atoms with Gasteiger partial charge in [0, 0.05) is 17.8 Å². The van der Waals surface area contributed by atoms with E-state index in [1.54, 1.807) is 55.2 Å². The van der Waals surface area contributed by atoms with E-state index in [0.717, 1.165) is 10.9 Å². The van der Waals surface area contributed by atoms with Crippen molar-refractivity contribution in [1.29, 1.82) is 0 Å². The van der Waals surface area contributed by atoms with Crippen molar-refractivity contribution in [3.63, 3.8) is 0 Å². The molecule has 0 atom stereocenters. The molecule has 150 valence electrons. The third-order valence-electron chi connectivity index (χ3n) is 4.27. The predicted molar refractivity (Wildman–Crippen MR) is 100 cm³/mol. The zero-order chi connectivity index (χ0) is 20.8. The molecule has 4 aromatic rings. The highest BCUT2D eigenvalue weighted by molar-refractivity contribution is 6.28. The maximum Gasteiger partial charge on any atom is 0.453 e. The summed E-state index contributed by atoms with van der Waals surface area (Å²) in [4.78, 5) is 11.8. The first-order valence-electron chi connectivity index (χ1n) is 8.69. The Hall–Kier alpha value is -3.01. The molecule has 1 aromatic carbocycles. The molecule has 0 unspecified atom stereocenters. The zero-order valence-corrected chi connectivity index (χ0v) is 16.1. The Morgan fingerprint density at radius 3 is 2.45 bits per heavy atom. The van der Waals surface area contributed by atoms with Crippen LogP contribution in [0.2, 0.25) is 5.28 Å². The molecule has 0 fully saturated rings. The van der Waals surface area contributed by atoms with Crippen LogP contribution in [0, 0.1) is 0 Å². The Kier molecular flexibility index (Phi) is 4.73. The third-order valence-corrected chi connectivity index (χ3v) is 4.45. The molecule has 0 aliphatic heterocycles. The van der Waals surface area contributed by atoms with Crippen LogP contribution in [-0.2, 0) is 12.7 Å². The Balaban J connectivity index is 1.64. The lowest BCUT2D eigenvalue weighted by Crippen LogP contribution is -2.10. The SMILES string of the molecule is CC(C)n1nc(C(F)(F)F)nc1-c1ccc(Cn2ncc3cnc(Cl)nc32)cc1. The fourth-order valence-corrected chi connectivity index (χ4v) is 3.02. The molecule has 0 spiro atoms. The van der Waals surface area contributed by atoms with Gasteiger partial charge in [0.1, 0.15) is 0 Å². The molecule has 11 heteroatoms. The lowest BCUT2D eigenvalue weighted by Gasteiger charge is -2.10. The first-order chi connectivity index (χ1) is 13.7. The Bertz CT molecular complexity index is 1160. The first kappa shape index (κ1) is 19.3. The van der Waals surface area contributed by atoms with Crippen molar-refractivity contribution < 1.29 is 13.2 Å². The lowest BCUT2D eigenvalue weighted by molar-refractivity contribution is -0.145. The fraction of sp³-hybridized carbons (Fsp3) is 0.278. The quantitative estimate of drug-likeness (QED) is 0.457. The average molecular weight is 422 g/mol. The van der Waals surface area contributed by atoms with E-state index in [0.29, 0.717) is 17.8 Å². The van der Waals surface area contributed by atoms with Gasteiger partial charge in [0.2, 0.25) is 5.28 Å². The largest absolute Gasteiger partial charge is 0.453 e. The zero-order valence-electron chi connectivity index (χ0n) is 15.4. The van der Waals surface area contributed by atoms with E-state index in [1.807, 2.05) is 0 Å². The molecule has 3 aromatic heterocycles. The maximum atomic E-state index is 13.0. The highest BCUT2D eigenvalue weighted by atomic mass is 35.5. The van der Waals surface area contributed by atoms with Gasteiger partial charge in [-0.2, -0.15) is 23.3 Å². The van der Waals surface area contributed by atoms with Crippen LogP contribution in [0.25, 0.3) is 22.4 Å². The molecule has 0 N–H and O–H groups in total. The third kappa shape index (κ3) is 3.80. The number of halogens is 4. The Labute approximate surface area is 168 Å². The second-order valence-corrected chi connectivity index (χ2v) is 7.05. The van der Waals surface area contributed by atoms with Crippen LogP contribution in [0.5, 0.6) is 0 Å². The maximum absolute atomic E-state index is 13.0. The van der Waals surface area contributed by atoms with Crippen molar-refractivity contribution in [2.75, 3.05) is 0 Å². The van der Waals surface area contributed by atoms with E-state index in [-0.39, 0.29) is 17.1 Å². The summed E-state index contributed by atoms with van der Waals surface area (Å²) in [7, 11) is 0. The van der Waals surface area contributed by atoms with Crippen LogP contribution >= 0.6 is 11.6 Å². The molecule has 0 saturated heterocycles. The van der Waals surface area contributed by atoms with Gasteiger partial charge in [0.05, 0.1) is 18.1 Å². The fourth-order valence-electron chi connectivity index (χ4n) is 2.89. The van der Waals surface area contributed by atoms with Gasteiger partial charge in [0.25, 0.3) is 5.82 Å². The van der Waals surface area contributed by atoms with Crippen molar-refractivity contribution in [1.82, 2.24) is 34.5 Å². The van der Waals surface area contributed by atoms with E-state index >= 15 is 0 Å². The summed E-state index contributed by atoms with van der Waals surface area (Å²) < 4.78 is 42.0. The molecule has 3 heterocycles. The first-order valence-corrected chi connectivity index (χ1v) is 9.07. The Morgan fingerprint density at radius 2 is 1.79 bits per heavy atom. The van der Waals surface area contributed by atoms with Gasteiger partial charge in [-0.25, -0.2) is 19.3 Å². The number of hydrogen-bond donors (Lipinski definition) is 0. The number of alkyl halides is 3. The topological polar surface area (TPSA) is 74.3 Å². The van der Waals surface area contributed by atoms with Crippen molar-refractivity contribution >= 4 is 22.6 Å². The number of aromatic nitrogens is 7. The monoisotopic (exact) mass is 421 g/mol. The number of fused-ring (bicyclic) bond motifs is 1. The molecule has 0 bridgehead atoms. The van der Waals surface area contributed by atoms with Crippen LogP contribution in [0.4, 0.5) is 13.2 Å². The molecule has 0 amide bonds. The highest BCUT2D eigenvalue weighted by Crippen LogP contribution is 2.30. The summed E-state index contributed by atoms with van der Waals surface area (Å²) in [6.07, 6.45) is -1.36. The van der Waals surface area contributed by atoms with Gasteiger partial charge in [-0.15, -0.1) is 5.10 Å². The number of nitrogens with zero attached hydrogens (tertiary/aromatic N) is 7. The van der Waals surface area contributed by atoms with Crippen molar-refractivity contribution in [2.24, 2.45) is 0 Å². The van der Waals surface area contributed by atoms with Gasteiger partial charge >= 0.3 is 6.18 Å². The molecule has 0 saturated carbocycles. The lowest BCUT2D eigenvalue weighted by atomic mass is 10.1. The van der Waals surface area contributed by atoms with Gasteiger partial charge in [0.15, 0.2) is 11.5 Å². The van der Waals surface area contributed by atoms with E-state index in [4.69, 9.17) is 11.6 Å². The minimum Gasteiger partial charge on any atom is -0.243 e. The van der Waals surface area contributed by atoms with E-state index < -0.39 is 12.0 Å². The average Bonchev–Trinajstić information content (AvgIpc) is 3.27. The molecule has 0 aliphatic carbocycles. The summed E-state index contributed by atoms with van der Waals surface area (Å²) in [6.45, 7) is 3.92. The van der Waals surface area contributed by atoms with Crippen LogP contribution < -0.4 is 0 Å². The van der Waals surface area contributed by atoms with Crippen molar-refractivity contribution in [3.05, 3.63) is 53.3 Å². The standard InChI is InChI=1S/C18H15ClF3N7/c1-10(2)29-15(25-16(27-29)18(20,21)22)12-5-3-11(4-6-12)9-28-14-13(8-24-28)7-23-17(19)26-14/h3-8,10H,9H2,1-2H3. The molecule has 0 radical (unpaired) electrons. The summed E-state index contributed by atoms with van der Waals surface area (Å²) in [5.74, 6) is -0.979. The van der Waals surface area contributed by atoms with Crippen LogP contribution in [-0.4, -0.2) is 34.5 Å². The summed E-state index contributed by atoms with van der Waals surface area (Å²) in [5, 5.41) is 8.79. The second-order valence-electron chi connectivity index (χ2n) is 6.71. The number of hydrogen-bond acceptors (Lipinski definition) is 5.